The van der Waals surface area contributed by atoms with Crippen LogP contribution in [0.1, 0.15) is 26.2 Å². The van der Waals surface area contributed by atoms with Gasteiger partial charge in [-0.05, 0) is 52.2 Å². The summed E-state index contributed by atoms with van der Waals surface area (Å²) in [6.45, 7) is 6.62. The summed E-state index contributed by atoms with van der Waals surface area (Å²) in [4.78, 5) is 4.86. The van der Waals surface area contributed by atoms with E-state index in [2.05, 4.69) is 23.8 Å². The minimum Gasteiger partial charge on any atom is -0.394 e. The molecule has 0 bridgehead atoms. The van der Waals surface area contributed by atoms with Gasteiger partial charge in [-0.3, -0.25) is 4.90 Å². The van der Waals surface area contributed by atoms with Crippen molar-refractivity contribution in [1.82, 2.24) is 9.80 Å². The molecule has 1 aliphatic heterocycles. The zero-order chi connectivity index (χ0) is 12.5. The van der Waals surface area contributed by atoms with Crippen LogP contribution in [0.4, 0.5) is 0 Å². The molecule has 0 radical (unpaired) electrons. The van der Waals surface area contributed by atoms with Crippen LogP contribution in [0.25, 0.3) is 0 Å². The predicted molar refractivity (Wildman–Crippen MR) is 69.9 cm³/mol. The smallest absolute Gasteiger partial charge is 0.0626 e. The van der Waals surface area contributed by atoms with Gasteiger partial charge in [-0.25, -0.2) is 0 Å². The Labute approximate surface area is 105 Å². The summed E-state index contributed by atoms with van der Waals surface area (Å²) in [5, 5.41) is 9.57. The molecule has 1 saturated heterocycles. The minimum atomic E-state index is -0.364. The molecule has 1 aliphatic carbocycles. The van der Waals surface area contributed by atoms with Crippen LogP contribution in [0.15, 0.2) is 0 Å². The first-order chi connectivity index (χ1) is 8.05. The van der Waals surface area contributed by atoms with Gasteiger partial charge >= 0.3 is 0 Å². The van der Waals surface area contributed by atoms with Crippen LogP contribution in [0.3, 0.4) is 0 Å². The van der Waals surface area contributed by atoms with E-state index in [1.54, 1.807) is 0 Å². The molecule has 3 N–H and O–H groups in total. The zero-order valence-corrected chi connectivity index (χ0v) is 11.2. The molecular formula is C13H27N3O. The van der Waals surface area contributed by atoms with Gasteiger partial charge in [-0.15, -0.1) is 0 Å². The quantitative estimate of drug-likeness (QED) is 0.734. The van der Waals surface area contributed by atoms with Gasteiger partial charge in [-0.2, -0.15) is 0 Å². The molecule has 0 spiro atoms. The lowest BCUT2D eigenvalue weighted by Crippen LogP contribution is -2.57. The maximum absolute atomic E-state index is 9.57. The van der Waals surface area contributed by atoms with Gasteiger partial charge in [0, 0.05) is 19.1 Å². The first-order valence-corrected chi connectivity index (χ1v) is 6.87. The van der Waals surface area contributed by atoms with Gasteiger partial charge in [0.1, 0.15) is 0 Å². The Kier molecular flexibility index (Phi) is 4.08. The van der Waals surface area contributed by atoms with Crippen molar-refractivity contribution in [2.24, 2.45) is 11.7 Å². The van der Waals surface area contributed by atoms with E-state index in [9.17, 15) is 5.11 Å². The van der Waals surface area contributed by atoms with Crippen LogP contribution < -0.4 is 5.73 Å². The maximum atomic E-state index is 9.57. The second-order valence-electron chi connectivity index (χ2n) is 6.10. The monoisotopic (exact) mass is 241 g/mol. The lowest BCUT2D eigenvalue weighted by atomic mass is 9.94. The molecular weight excluding hydrogens is 214 g/mol. The van der Waals surface area contributed by atoms with Gasteiger partial charge in [0.2, 0.25) is 0 Å². The summed E-state index contributed by atoms with van der Waals surface area (Å²) in [5.74, 6) is 0.542. The maximum Gasteiger partial charge on any atom is 0.0626 e. The highest BCUT2D eigenvalue weighted by molar-refractivity contribution is 5.01. The fourth-order valence-corrected chi connectivity index (χ4v) is 3.00. The van der Waals surface area contributed by atoms with Crippen molar-refractivity contribution in [3.63, 3.8) is 0 Å². The first-order valence-electron chi connectivity index (χ1n) is 6.87. The number of hydrogen-bond acceptors (Lipinski definition) is 4. The Morgan fingerprint density at radius 1 is 1.35 bits per heavy atom. The van der Waals surface area contributed by atoms with Crippen molar-refractivity contribution >= 4 is 0 Å². The number of likely N-dealkylation sites (N-methyl/N-ethyl adjacent to an activating group) is 1. The minimum absolute atomic E-state index is 0.122. The highest BCUT2D eigenvalue weighted by Crippen LogP contribution is 2.38. The molecule has 1 saturated carbocycles. The summed E-state index contributed by atoms with van der Waals surface area (Å²) in [6.07, 6.45) is 3.59. The third-order valence-electron chi connectivity index (χ3n) is 4.37. The molecule has 4 nitrogen and oxygen atoms in total. The van der Waals surface area contributed by atoms with Crippen LogP contribution >= 0.6 is 0 Å². The van der Waals surface area contributed by atoms with Crippen molar-refractivity contribution in [2.75, 3.05) is 39.8 Å². The molecule has 2 fully saturated rings. The second kappa shape index (κ2) is 5.22. The Morgan fingerprint density at radius 3 is 2.65 bits per heavy atom. The summed E-state index contributed by atoms with van der Waals surface area (Å²) in [5.41, 5.74) is 6.01. The predicted octanol–water partition coefficient (Wildman–Crippen LogP) is 0.112. The Hall–Kier alpha value is -0.160. The molecule has 0 aromatic heterocycles. The Morgan fingerprint density at radius 2 is 2.06 bits per heavy atom. The van der Waals surface area contributed by atoms with Gasteiger partial charge < -0.3 is 15.7 Å². The van der Waals surface area contributed by atoms with Gasteiger partial charge in [0.15, 0.2) is 0 Å². The fourth-order valence-electron chi connectivity index (χ4n) is 3.00. The van der Waals surface area contributed by atoms with Crippen LogP contribution in [-0.4, -0.2) is 66.3 Å². The van der Waals surface area contributed by atoms with E-state index in [0.29, 0.717) is 12.0 Å². The molecule has 2 unspecified atom stereocenters. The largest absolute Gasteiger partial charge is 0.394 e. The van der Waals surface area contributed by atoms with Crippen LogP contribution in [0.2, 0.25) is 0 Å². The zero-order valence-electron chi connectivity index (χ0n) is 11.2. The van der Waals surface area contributed by atoms with Crippen LogP contribution in [0, 0.1) is 5.92 Å². The van der Waals surface area contributed by atoms with Gasteiger partial charge in [0.05, 0.1) is 12.1 Å². The molecule has 0 aromatic carbocycles. The highest BCUT2D eigenvalue weighted by atomic mass is 16.3. The van der Waals surface area contributed by atoms with Crippen molar-refractivity contribution in [1.29, 1.82) is 0 Å². The number of nitrogens with zero attached hydrogens (tertiary/aromatic N) is 2. The van der Waals surface area contributed by atoms with Gasteiger partial charge in [0.25, 0.3) is 0 Å². The third-order valence-corrected chi connectivity index (χ3v) is 4.37. The molecule has 4 heteroatoms. The average molecular weight is 241 g/mol. The molecule has 2 rings (SSSR count). The van der Waals surface area contributed by atoms with Crippen molar-refractivity contribution in [3.05, 3.63) is 0 Å². The van der Waals surface area contributed by atoms with E-state index in [1.807, 2.05) is 0 Å². The average Bonchev–Trinajstić information content (AvgIpc) is 3.10. The number of nitrogens with two attached hydrogens (primary N) is 1. The van der Waals surface area contributed by atoms with E-state index >= 15 is 0 Å². The second-order valence-corrected chi connectivity index (χ2v) is 6.10. The van der Waals surface area contributed by atoms with Crippen molar-refractivity contribution in [3.8, 4) is 0 Å². The Balaban J connectivity index is 1.96. The first kappa shape index (κ1) is 13.3. The standard InChI is InChI=1S/C13H27N3O/c1-11-8-15(2)6-3-7-16(11)9-13(14,10-17)12-4-5-12/h11-12,17H,3-10,14H2,1-2H3. The Bertz CT molecular complexity index is 257. The lowest BCUT2D eigenvalue weighted by molar-refractivity contribution is 0.0999. The number of hydrogen-bond donors (Lipinski definition) is 2. The molecule has 2 aliphatic rings. The third kappa shape index (κ3) is 3.19. The van der Waals surface area contributed by atoms with E-state index < -0.39 is 0 Å². The number of aliphatic hydroxyl groups is 1. The van der Waals surface area contributed by atoms with E-state index in [1.165, 1.54) is 25.8 Å². The number of aliphatic hydroxyl groups excluding tert-OH is 1. The molecule has 0 amide bonds. The van der Waals surface area contributed by atoms with Crippen LogP contribution in [-0.2, 0) is 0 Å². The summed E-state index contributed by atoms with van der Waals surface area (Å²) < 4.78 is 0. The van der Waals surface area contributed by atoms with Gasteiger partial charge in [-0.1, -0.05) is 0 Å². The van der Waals surface area contributed by atoms with E-state index in [0.717, 1.165) is 19.6 Å². The summed E-state index contributed by atoms with van der Waals surface area (Å²) >= 11 is 0. The fraction of sp³-hybridized carbons (Fsp3) is 1.00. The van der Waals surface area contributed by atoms with Crippen LogP contribution in [0.5, 0.6) is 0 Å². The van der Waals surface area contributed by atoms with E-state index in [4.69, 9.17) is 5.73 Å². The number of rotatable bonds is 4. The summed E-state index contributed by atoms with van der Waals surface area (Å²) in [7, 11) is 2.18. The molecule has 2 atom stereocenters. The molecule has 17 heavy (non-hydrogen) atoms. The highest BCUT2D eigenvalue weighted by Gasteiger charge is 2.43. The SMILES string of the molecule is CC1CN(C)CCCN1CC(N)(CO)C1CC1. The molecule has 100 valence electrons. The lowest BCUT2D eigenvalue weighted by Gasteiger charge is -2.37. The topological polar surface area (TPSA) is 52.7 Å². The van der Waals surface area contributed by atoms with E-state index in [-0.39, 0.29) is 12.1 Å². The normalized spacial score (nSPS) is 32.1. The molecule has 1 heterocycles. The van der Waals surface area contributed by atoms with Crippen molar-refractivity contribution in [2.45, 2.75) is 37.8 Å². The van der Waals surface area contributed by atoms with Crippen molar-refractivity contribution < 1.29 is 5.11 Å². The molecule has 0 aromatic rings. The summed E-state index contributed by atoms with van der Waals surface area (Å²) in [6, 6.07) is 0.538.